The van der Waals surface area contributed by atoms with Crippen molar-refractivity contribution in [2.45, 2.75) is 44.0 Å². The number of nitrogens with zero attached hydrogens (tertiary/aromatic N) is 4. The van der Waals surface area contributed by atoms with Gasteiger partial charge in [0.2, 0.25) is 5.95 Å². The summed E-state index contributed by atoms with van der Waals surface area (Å²) in [7, 11) is -1.23. The lowest BCUT2D eigenvalue weighted by Crippen LogP contribution is -2.39. The normalized spacial score (nSPS) is 27.5. The molecule has 1 aliphatic heterocycles. The molecule has 3 rings (SSSR count). The zero-order valence-electron chi connectivity index (χ0n) is 16.0. The summed E-state index contributed by atoms with van der Waals surface area (Å²) >= 11 is 0. The van der Waals surface area contributed by atoms with Crippen LogP contribution < -0.4 is 16.4 Å². The molecule has 0 aromatic carbocycles. The molecule has 0 aliphatic carbocycles. The zero-order valence-corrected chi connectivity index (χ0v) is 16.9. The van der Waals surface area contributed by atoms with Crippen LogP contribution in [0.3, 0.4) is 0 Å². The van der Waals surface area contributed by atoms with Gasteiger partial charge in [0.05, 0.1) is 12.9 Å². The fourth-order valence-corrected chi connectivity index (χ4v) is 3.88. The highest BCUT2D eigenvalue weighted by molar-refractivity contribution is 7.52. The van der Waals surface area contributed by atoms with Crippen molar-refractivity contribution >= 4 is 30.5 Å². The number of aromatic nitrogens is 4. The first-order valence-electron chi connectivity index (χ1n) is 8.61. The molecule has 2 aromatic rings. The SMILES string of the molecule is COC[C@H]1O[C@@H](n2cnc3c(N)nc(N)nc32)[C@@H](OC)[C@H]1OP(=O)([O-])C(C)C. The first-order chi connectivity index (χ1) is 13.2. The molecule has 0 amide bonds. The van der Waals surface area contributed by atoms with Crippen molar-refractivity contribution in [3.63, 3.8) is 0 Å². The standard InChI is InChI=1S/C15H25N6O6P/c1-7(2)28(22,23)27-10-8(5-24-3)26-14(11(10)25-4)21-6-18-9-12(16)19-15(17)20-13(9)21/h6-8,10-11,14H,5H2,1-4H3,(H,22,23)(H4,16,17,19,20)/p-1/t8-,10+,11+,14-/m1/s1. The van der Waals surface area contributed by atoms with E-state index in [-0.39, 0.29) is 18.4 Å². The Morgan fingerprint density at radius 2 is 2.04 bits per heavy atom. The molecule has 1 saturated heterocycles. The minimum atomic E-state index is -4.15. The van der Waals surface area contributed by atoms with E-state index < -0.39 is 37.8 Å². The third-order valence-corrected chi connectivity index (χ3v) is 6.33. The summed E-state index contributed by atoms with van der Waals surface area (Å²) in [6.45, 7) is 3.19. The largest absolute Gasteiger partial charge is 0.778 e. The van der Waals surface area contributed by atoms with Crippen molar-refractivity contribution in [2.75, 3.05) is 32.3 Å². The summed E-state index contributed by atoms with van der Waals surface area (Å²) in [5.41, 5.74) is 11.5. The molecule has 1 fully saturated rings. The van der Waals surface area contributed by atoms with Crippen LogP contribution >= 0.6 is 7.60 Å². The van der Waals surface area contributed by atoms with Crippen LogP contribution in [-0.4, -0.2) is 64.3 Å². The van der Waals surface area contributed by atoms with Gasteiger partial charge in [0.25, 0.3) is 0 Å². The second-order valence-corrected chi connectivity index (χ2v) is 9.04. The summed E-state index contributed by atoms with van der Waals surface area (Å²) in [6.07, 6.45) is -1.74. The van der Waals surface area contributed by atoms with Crippen molar-refractivity contribution in [1.29, 1.82) is 0 Å². The van der Waals surface area contributed by atoms with Gasteiger partial charge in [-0.2, -0.15) is 9.97 Å². The Bertz CT molecular complexity index is 891. The van der Waals surface area contributed by atoms with E-state index in [9.17, 15) is 9.46 Å². The number of nitrogens with two attached hydrogens (primary N) is 2. The van der Waals surface area contributed by atoms with Gasteiger partial charge in [-0.25, -0.2) is 4.98 Å². The molecular formula is C15H24N6O6P-. The molecule has 12 nitrogen and oxygen atoms in total. The highest BCUT2D eigenvalue weighted by Crippen LogP contribution is 2.48. The molecule has 0 radical (unpaired) electrons. The van der Waals surface area contributed by atoms with Crippen LogP contribution in [0.5, 0.6) is 0 Å². The third-order valence-electron chi connectivity index (χ3n) is 4.53. The van der Waals surface area contributed by atoms with Crippen molar-refractivity contribution in [2.24, 2.45) is 0 Å². The van der Waals surface area contributed by atoms with Crippen LogP contribution in [0.15, 0.2) is 6.33 Å². The van der Waals surface area contributed by atoms with Crippen LogP contribution in [-0.2, 0) is 23.3 Å². The fraction of sp³-hybridized carbons (Fsp3) is 0.667. The molecular weight excluding hydrogens is 391 g/mol. The first-order valence-corrected chi connectivity index (χ1v) is 10.2. The van der Waals surface area contributed by atoms with Gasteiger partial charge in [-0.1, -0.05) is 13.8 Å². The molecule has 0 saturated carbocycles. The highest BCUT2D eigenvalue weighted by atomic mass is 31.2. The maximum Gasteiger partial charge on any atom is 0.224 e. The predicted octanol–water partition coefficient (Wildman–Crippen LogP) is -0.103. The molecule has 28 heavy (non-hydrogen) atoms. The van der Waals surface area contributed by atoms with Crippen LogP contribution in [0.2, 0.25) is 0 Å². The summed E-state index contributed by atoms with van der Waals surface area (Å²) in [4.78, 5) is 24.6. The summed E-state index contributed by atoms with van der Waals surface area (Å²) in [5.74, 6) is 0.0992. The smallest absolute Gasteiger partial charge is 0.224 e. The van der Waals surface area contributed by atoms with Gasteiger partial charge in [-0.05, 0) is 0 Å². The Morgan fingerprint density at radius 3 is 2.64 bits per heavy atom. The average molecular weight is 415 g/mol. The Kier molecular flexibility index (Phi) is 5.89. The van der Waals surface area contributed by atoms with E-state index in [2.05, 4.69) is 15.0 Å². The molecule has 0 bridgehead atoms. The lowest BCUT2D eigenvalue weighted by molar-refractivity contribution is -0.209. The second kappa shape index (κ2) is 7.90. The van der Waals surface area contributed by atoms with E-state index in [0.29, 0.717) is 11.2 Å². The Labute approximate surface area is 161 Å². The van der Waals surface area contributed by atoms with Gasteiger partial charge in [0.15, 0.2) is 17.7 Å². The topological polar surface area (TPSA) is 173 Å². The van der Waals surface area contributed by atoms with Crippen LogP contribution in [0.1, 0.15) is 20.1 Å². The van der Waals surface area contributed by atoms with Gasteiger partial charge in [0, 0.05) is 19.9 Å². The lowest BCUT2D eigenvalue weighted by atomic mass is 10.1. The van der Waals surface area contributed by atoms with Crippen LogP contribution in [0.4, 0.5) is 11.8 Å². The van der Waals surface area contributed by atoms with Gasteiger partial charge in [0.1, 0.15) is 31.4 Å². The molecule has 1 aliphatic rings. The maximum atomic E-state index is 12.4. The van der Waals surface area contributed by atoms with Crippen molar-refractivity contribution < 1.29 is 28.2 Å². The Morgan fingerprint density at radius 1 is 1.32 bits per heavy atom. The summed E-state index contributed by atoms with van der Waals surface area (Å²) in [6, 6.07) is 0. The number of methoxy groups -OCH3 is 2. The van der Waals surface area contributed by atoms with E-state index >= 15 is 0 Å². The van der Waals surface area contributed by atoms with E-state index in [1.165, 1.54) is 20.5 Å². The number of fused-ring (bicyclic) bond motifs is 1. The van der Waals surface area contributed by atoms with Crippen molar-refractivity contribution in [1.82, 2.24) is 19.5 Å². The van der Waals surface area contributed by atoms with Gasteiger partial charge in [-0.15, -0.1) is 0 Å². The molecule has 156 valence electrons. The van der Waals surface area contributed by atoms with Crippen LogP contribution in [0.25, 0.3) is 11.2 Å². The van der Waals surface area contributed by atoms with Gasteiger partial charge in [-0.3, -0.25) is 4.57 Å². The molecule has 1 unspecified atom stereocenters. The first kappa shape index (κ1) is 20.9. The molecule has 3 heterocycles. The second-order valence-electron chi connectivity index (χ2n) is 6.72. The molecule has 2 aromatic heterocycles. The fourth-order valence-electron chi connectivity index (χ4n) is 3.04. The van der Waals surface area contributed by atoms with Crippen LogP contribution in [0, 0.1) is 0 Å². The number of imidazole rings is 1. The minimum absolute atomic E-state index is 0.0242. The minimum Gasteiger partial charge on any atom is -0.778 e. The van der Waals surface area contributed by atoms with E-state index in [1.54, 1.807) is 18.4 Å². The number of nitrogen functional groups attached to an aromatic ring is 2. The molecule has 0 spiro atoms. The van der Waals surface area contributed by atoms with E-state index in [1.807, 2.05) is 0 Å². The number of hydrogen-bond acceptors (Lipinski definition) is 11. The summed E-state index contributed by atoms with van der Waals surface area (Å²) < 4.78 is 36.2. The Balaban J connectivity index is 2.01. The number of rotatable bonds is 7. The predicted molar refractivity (Wildman–Crippen MR) is 98.3 cm³/mol. The molecule has 13 heteroatoms. The number of anilines is 2. The Hall–Kier alpha value is -1.82. The highest BCUT2D eigenvalue weighted by Gasteiger charge is 2.49. The number of hydrogen-bond donors (Lipinski definition) is 2. The monoisotopic (exact) mass is 415 g/mol. The third kappa shape index (κ3) is 3.71. The average Bonchev–Trinajstić information content (AvgIpc) is 3.16. The van der Waals surface area contributed by atoms with E-state index in [4.69, 9.17) is 30.2 Å². The van der Waals surface area contributed by atoms with Gasteiger partial charge >= 0.3 is 0 Å². The molecule has 4 N–H and O–H groups in total. The van der Waals surface area contributed by atoms with Crippen molar-refractivity contribution in [3.05, 3.63) is 6.33 Å². The lowest BCUT2D eigenvalue weighted by Gasteiger charge is -2.33. The maximum absolute atomic E-state index is 12.4. The zero-order chi connectivity index (χ0) is 20.6. The number of ether oxygens (including phenoxy) is 3. The van der Waals surface area contributed by atoms with E-state index in [0.717, 1.165) is 0 Å². The van der Waals surface area contributed by atoms with Crippen molar-refractivity contribution in [3.8, 4) is 0 Å². The quantitative estimate of drug-likeness (QED) is 0.578. The molecule has 5 atom stereocenters. The van der Waals surface area contributed by atoms with Gasteiger partial charge < -0.3 is 39.7 Å². The summed E-state index contributed by atoms with van der Waals surface area (Å²) in [5, 5.41) is 0.